The number of alkyl halides is 2. The average Bonchev–Trinajstić information content (AvgIpc) is 3.15. The number of hydrogen-bond donors (Lipinski definition) is 2. The number of nitrogens with one attached hydrogen (secondary N) is 2. The fourth-order valence-corrected chi connectivity index (χ4v) is 2.74. The van der Waals surface area contributed by atoms with Crippen molar-refractivity contribution >= 4 is 28.7 Å². The number of aromatic nitrogens is 2. The number of rotatable bonds is 8. The Bertz CT molecular complexity index is 948. The topological polar surface area (TPSA) is 60.3 Å². The van der Waals surface area contributed by atoms with Crippen LogP contribution in [0.2, 0.25) is 0 Å². The van der Waals surface area contributed by atoms with Gasteiger partial charge in [-0.1, -0.05) is 31.2 Å². The van der Waals surface area contributed by atoms with Crippen LogP contribution in [-0.2, 0) is 13.2 Å². The second-order valence-corrected chi connectivity index (χ2v) is 6.40. The number of hydrogen-bond acceptors (Lipinski definition) is 4. The molecule has 2 N–H and O–H groups in total. The molecule has 0 aliphatic rings. The van der Waals surface area contributed by atoms with E-state index in [9.17, 15) is 8.78 Å². The van der Waals surface area contributed by atoms with Crippen LogP contribution in [-0.4, -0.2) is 21.5 Å². The van der Waals surface area contributed by atoms with E-state index in [1.54, 1.807) is 35.3 Å². The maximum absolute atomic E-state index is 12.5. The minimum atomic E-state index is -2.92. The summed E-state index contributed by atoms with van der Waals surface area (Å²) >= 11 is 5.23. The van der Waals surface area contributed by atoms with E-state index in [0.717, 1.165) is 12.2 Å². The largest absolute Gasteiger partial charge is 0.471 e. The van der Waals surface area contributed by atoms with Crippen molar-refractivity contribution in [3.05, 3.63) is 66.5 Å². The SMILES string of the molecule is CCc1ccc(OCn2cc(NC(=S)Nc3ccccc3OC(F)F)cn2)cc1. The van der Waals surface area contributed by atoms with Gasteiger partial charge < -0.3 is 20.1 Å². The van der Waals surface area contributed by atoms with E-state index in [1.165, 1.54) is 11.6 Å². The first-order chi connectivity index (χ1) is 14.0. The Morgan fingerprint density at radius 3 is 2.62 bits per heavy atom. The molecule has 0 fully saturated rings. The molecule has 1 heterocycles. The van der Waals surface area contributed by atoms with Crippen molar-refractivity contribution in [2.75, 3.05) is 10.6 Å². The maximum Gasteiger partial charge on any atom is 0.387 e. The van der Waals surface area contributed by atoms with Gasteiger partial charge in [0, 0.05) is 0 Å². The van der Waals surface area contributed by atoms with Gasteiger partial charge in [0.15, 0.2) is 11.8 Å². The summed E-state index contributed by atoms with van der Waals surface area (Å²) in [5.74, 6) is 0.755. The van der Waals surface area contributed by atoms with Crippen LogP contribution in [0.15, 0.2) is 60.9 Å². The lowest BCUT2D eigenvalue weighted by Gasteiger charge is -2.13. The predicted octanol–water partition coefficient (Wildman–Crippen LogP) is 4.89. The zero-order chi connectivity index (χ0) is 20.6. The molecular formula is C20H20F2N4O2S. The Morgan fingerprint density at radius 1 is 1.14 bits per heavy atom. The second-order valence-electron chi connectivity index (χ2n) is 5.99. The van der Waals surface area contributed by atoms with Gasteiger partial charge in [0.25, 0.3) is 0 Å². The van der Waals surface area contributed by atoms with Crippen LogP contribution in [0.1, 0.15) is 12.5 Å². The molecule has 0 bridgehead atoms. The second kappa shape index (κ2) is 9.83. The summed E-state index contributed by atoms with van der Waals surface area (Å²) in [6.45, 7) is -0.591. The zero-order valence-electron chi connectivity index (χ0n) is 15.6. The molecule has 2 aromatic carbocycles. The molecule has 0 unspecified atom stereocenters. The van der Waals surface area contributed by atoms with Gasteiger partial charge in [0.1, 0.15) is 11.5 Å². The van der Waals surface area contributed by atoms with Gasteiger partial charge in [-0.05, 0) is 48.5 Å². The van der Waals surface area contributed by atoms with Crippen LogP contribution in [0.4, 0.5) is 20.2 Å². The molecule has 0 radical (unpaired) electrons. The third kappa shape index (κ3) is 6.15. The van der Waals surface area contributed by atoms with Crippen LogP contribution in [0.3, 0.4) is 0 Å². The van der Waals surface area contributed by atoms with Crippen molar-refractivity contribution in [1.82, 2.24) is 9.78 Å². The van der Waals surface area contributed by atoms with Crippen molar-refractivity contribution in [2.45, 2.75) is 26.7 Å². The third-order valence-corrected chi connectivity index (χ3v) is 4.14. The first-order valence-electron chi connectivity index (χ1n) is 8.89. The lowest BCUT2D eigenvalue weighted by atomic mass is 10.2. The first kappa shape index (κ1) is 20.5. The fraction of sp³-hybridized carbons (Fsp3) is 0.200. The highest BCUT2D eigenvalue weighted by Crippen LogP contribution is 2.25. The van der Waals surface area contributed by atoms with E-state index in [-0.39, 0.29) is 17.6 Å². The highest BCUT2D eigenvalue weighted by atomic mass is 32.1. The van der Waals surface area contributed by atoms with Crippen molar-refractivity contribution in [2.24, 2.45) is 0 Å². The maximum atomic E-state index is 12.5. The van der Waals surface area contributed by atoms with Crippen LogP contribution in [0.5, 0.6) is 11.5 Å². The minimum Gasteiger partial charge on any atom is -0.471 e. The molecule has 152 valence electrons. The molecular weight excluding hydrogens is 398 g/mol. The molecule has 0 spiro atoms. The van der Waals surface area contributed by atoms with Gasteiger partial charge in [0.05, 0.1) is 23.8 Å². The third-order valence-electron chi connectivity index (χ3n) is 3.94. The van der Waals surface area contributed by atoms with Gasteiger partial charge >= 0.3 is 6.61 Å². The summed E-state index contributed by atoms with van der Waals surface area (Å²) in [4.78, 5) is 0. The summed E-state index contributed by atoms with van der Waals surface area (Å²) in [5, 5.41) is 10.2. The van der Waals surface area contributed by atoms with Crippen molar-refractivity contribution < 1.29 is 18.3 Å². The van der Waals surface area contributed by atoms with Gasteiger partial charge in [-0.3, -0.25) is 0 Å². The Labute approximate surface area is 172 Å². The molecule has 29 heavy (non-hydrogen) atoms. The minimum absolute atomic E-state index is 0.00448. The quantitative estimate of drug-likeness (QED) is 0.508. The molecule has 0 aliphatic heterocycles. The summed E-state index contributed by atoms with van der Waals surface area (Å²) < 4.78 is 36.8. The number of anilines is 2. The van der Waals surface area contributed by atoms with Crippen molar-refractivity contribution in [3.8, 4) is 11.5 Å². The van der Waals surface area contributed by atoms with E-state index in [0.29, 0.717) is 11.4 Å². The molecule has 0 saturated heterocycles. The van der Waals surface area contributed by atoms with Gasteiger partial charge in [-0.2, -0.15) is 13.9 Å². The molecule has 1 aromatic heterocycles. The van der Waals surface area contributed by atoms with Crippen LogP contribution in [0, 0.1) is 0 Å². The van der Waals surface area contributed by atoms with E-state index >= 15 is 0 Å². The zero-order valence-corrected chi connectivity index (χ0v) is 16.5. The van der Waals surface area contributed by atoms with Crippen LogP contribution in [0.25, 0.3) is 0 Å². The van der Waals surface area contributed by atoms with Crippen LogP contribution < -0.4 is 20.1 Å². The van der Waals surface area contributed by atoms with Crippen molar-refractivity contribution in [3.63, 3.8) is 0 Å². The molecule has 3 rings (SSSR count). The van der Waals surface area contributed by atoms with E-state index in [4.69, 9.17) is 17.0 Å². The van der Waals surface area contributed by atoms with E-state index < -0.39 is 6.61 Å². The average molecular weight is 418 g/mol. The van der Waals surface area contributed by atoms with Gasteiger partial charge in [0.2, 0.25) is 0 Å². The molecule has 0 aliphatic carbocycles. The number of halogens is 2. The Morgan fingerprint density at radius 2 is 1.90 bits per heavy atom. The molecule has 0 saturated carbocycles. The van der Waals surface area contributed by atoms with Crippen LogP contribution >= 0.6 is 12.2 Å². The van der Waals surface area contributed by atoms with E-state index in [1.807, 2.05) is 24.3 Å². The van der Waals surface area contributed by atoms with E-state index in [2.05, 4.69) is 27.4 Å². The highest BCUT2D eigenvalue weighted by molar-refractivity contribution is 7.80. The molecule has 0 amide bonds. The van der Waals surface area contributed by atoms with Gasteiger partial charge in [-0.25, -0.2) is 4.68 Å². The lowest BCUT2D eigenvalue weighted by Crippen LogP contribution is -2.19. The number of benzene rings is 2. The number of nitrogens with zero attached hydrogens (tertiary/aromatic N) is 2. The Balaban J connectivity index is 1.53. The molecule has 0 atom stereocenters. The Hall–Kier alpha value is -3.20. The number of aryl methyl sites for hydroxylation is 1. The molecule has 9 heteroatoms. The Kier molecular flexibility index (Phi) is 6.96. The highest BCUT2D eigenvalue weighted by Gasteiger charge is 2.10. The van der Waals surface area contributed by atoms with Gasteiger partial charge in [-0.15, -0.1) is 0 Å². The molecule has 3 aromatic rings. The summed E-state index contributed by atoms with van der Waals surface area (Å²) in [6, 6.07) is 14.2. The van der Waals surface area contributed by atoms with Crippen molar-refractivity contribution in [1.29, 1.82) is 0 Å². The smallest absolute Gasteiger partial charge is 0.387 e. The summed E-state index contributed by atoms with van der Waals surface area (Å²) in [5.41, 5.74) is 2.20. The standard InChI is InChI=1S/C20H20F2N4O2S/c1-2-14-7-9-16(10-8-14)27-13-26-12-15(11-23-26)24-20(29)25-17-5-3-4-6-18(17)28-19(21)22/h3-12,19H,2,13H2,1H3,(H2,24,25,29). The lowest BCUT2D eigenvalue weighted by molar-refractivity contribution is -0.0493. The fourth-order valence-electron chi connectivity index (χ4n) is 2.51. The first-order valence-corrected chi connectivity index (χ1v) is 9.30. The predicted molar refractivity (Wildman–Crippen MR) is 112 cm³/mol. The number of ether oxygens (including phenoxy) is 2. The molecule has 6 nitrogen and oxygen atoms in total. The summed E-state index contributed by atoms with van der Waals surface area (Å²) in [6.07, 6.45) is 4.27. The number of para-hydroxylation sites is 2. The normalized spacial score (nSPS) is 10.6. The monoisotopic (exact) mass is 418 g/mol. The number of thiocarbonyl (C=S) groups is 1. The summed E-state index contributed by atoms with van der Waals surface area (Å²) in [7, 11) is 0.